The van der Waals surface area contributed by atoms with E-state index in [1.54, 1.807) is 24.1 Å². The SMILES string of the molecule is CCCN(C)c1cnn(CCCCNCCOC)c(=O)c1. The van der Waals surface area contributed by atoms with Crippen molar-refractivity contribution in [3.8, 4) is 0 Å². The molecule has 0 fully saturated rings. The van der Waals surface area contributed by atoms with Crippen molar-refractivity contribution in [1.29, 1.82) is 0 Å². The molecule has 1 heterocycles. The molecule has 1 aromatic rings. The van der Waals surface area contributed by atoms with Gasteiger partial charge in [-0.3, -0.25) is 4.79 Å². The molecule has 0 atom stereocenters. The van der Waals surface area contributed by atoms with Crippen LogP contribution in [0.2, 0.25) is 0 Å². The fourth-order valence-electron chi connectivity index (χ4n) is 2.08. The smallest absolute Gasteiger partial charge is 0.268 e. The van der Waals surface area contributed by atoms with Crippen LogP contribution in [0.15, 0.2) is 17.1 Å². The number of hydrogen-bond acceptors (Lipinski definition) is 5. The summed E-state index contributed by atoms with van der Waals surface area (Å²) in [5.74, 6) is 0. The Bertz CT molecular complexity index is 448. The minimum atomic E-state index is -0.0252. The third-order valence-corrected chi connectivity index (χ3v) is 3.31. The van der Waals surface area contributed by atoms with Crippen molar-refractivity contribution in [1.82, 2.24) is 15.1 Å². The highest BCUT2D eigenvalue weighted by atomic mass is 16.5. The maximum atomic E-state index is 12.0. The second-order valence-electron chi connectivity index (χ2n) is 5.15. The van der Waals surface area contributed by atoms with Crippen molar-refractivity contribution in [2.45, 2.75) is 32.7 Å². The Morgan fingerprint density at radius 2 is 2.19 bits per heavy atom. The average molecular weight is 296 g/mol. The highest BCUT2D eigenvalue weighted by Crippen LogP contribution is 2.07. The summed E-state index contributed by atoms with van der Waals surface area (Å²) in [6.07, 6.45) is 4.79. The van der Waals surface area contributed by atoms with E-state index in [4.69, 9.17) is 4.74 Å². The number of unbranched alkanes of at least 4 members (excludes halogenated alkanes) is 1. The third-order valence-electron chi connectivity index (χ3n) is 3.31. The molecule has 0 aliphatic rings. The zero-order valence-corrected chi connectivity index (χ0v) is 13.5. The van der Waals surface area contributed by atoms with E-state index in [1.807, 2.05) is 7.05 Å². The van der Waals surface area contributed by atoms with Gasteiger partial charge >= 0.3 is 0 Å². The van der Waals surface area contributed by atoms with Gasteiger partial charge in [0.1, 0.15) is 0 Å². The van der Waals surface area contributed by atoms with E-state index >= 15 is 0 Å². The Hall–Kier alpha value is -1.40. The van der Waals surface area contributed by atoms with E-state index in [9.17, 15) is 4.79 Å². The van der Waals surface area contributed by atoms with Gasteiger partial charge in [-0.2, -0.15) is 5.10 Å². The van der Waals surface area contributed by atoms with Gasteiger partial charge in [0.25, 0.3) is 5.56 Å². The molecule has 1 N–H and O–H groups in total. The predicted molar refractivity (Wildman–Crippen MR) is 86.0 cm³/mol. The molecular formula is C15H28N4O2. The molecule has 0 aliphatic carbocycles. The Labute approximate surface area is 127 Å². The molecule has 0 saturated heterocycles. The number of rotatable bonds is 11. The zero-order valence-electron chi connectivity index (χ0n) is 13.5. The Kier molecular flexibility index (Phi) is 8.69. The summed E-state index contributed by atoms with van der Waals surface area (Å²) in [5.41, 5.74) is 0.863. The van der Waals surface area contributed by atoms with E-state index in [0.29, 0.717) is 6.54 Å². The van der Waals surface area contributed by atoms with Crippen molar-refractivity contribution in [3.05, 3.63) is 22.6 Å². The van der Waals surface area contributed by atoms with E-state index < -0.39 is 0 Å². The molecule has 0 radical (unpaired) electrons. The summed E-state index contributed by atoms with van der Waals surface area (Å²) in [7, 11) is 3.68. The Morgan fingerprint density at radius 3 is 2.86 bits per heavy atom. The van der Waals surface area contributed by atoms with Crippen LogP contribution in [0.3, 0.4) is 0 Å². The number of nitrogens with zero attached hydrogens (tertiary/aromatic N) is 3. The quantitative estimate of drug-likeness (QED) is 0.620. The van der Waals surface area contributed by atoms with Crippen LogP contribution in [-0.4, -0.2) is 50.2 Å². The minimum absolute atomic E-state index is 0.0252. The fourth-order valence-corrected chi connectivity index (χ4v) is 2.08. The molecular weight excluding hydrogens is 268 g/mol. The molecule has 0 spiro atoms. The third kappa shape index (κ3) is 6.73. The minimum Gasteiger partial charge on any atom is -0.383 e. The van der Waals surface area contributed by atoms with Crippen LogP contribution in [0.25, 0.3) is 0 Å². The number of ether oxygens (including phenoxy) is 1. The number of anilines is 1. The summed E-state index contributed by atoms with van der Waals surface area (Å²) in [5, 5.41) is 7.54. The van der Waals surface area contributed by atoms with E-state index in [-0.39, 0.29) is 5.56 Å². The molecule has 21 heavy (non-hydrogen) atoms. The van der Waals surface area contributed by atoms with Gasteiger partial charge in [-0.05, 0) is 25.8 Å². The first-order chi connectivity index (χ1) is 10.2. The zero-order chi connectivity index (χ0) is 15.5. The van der Waals surface area contributed by atoms with Gasteiger partial charge in [-0.1, -0.05) is 6.92 Å². The van der Waals surface area contributed by atoms with Crippen molar-refractivity contribution in [2.75, 3.05) is 45.3 Å². The van der Waals surface area contributed by atoms with Crippen molar-refractivity contribution in [2.24, 2.45) is 0 Å². The molecule has 6 nitrogen and oxygen atoms in total. The van der Waals surface area contributed by atoms with E-state index in [2.05, 4.69) is 22.2 Å². The van der Waals surface area contributed by atoms with Crippen LogP contribution in [-0.2, 0) is 11.3 Å². The number of hydrogen-bond donors (Lipinski definition) is 1. The second kappa shape index (κ2) is 10.3. The van der Waals surface area contributed by atoms with Gasteiger partial charge in [0.2, 0.25) is 0 Å². The van der Waals surface area contributed by atoms with Gasteiger partial charge in [0, 0.05) is 39.9 Å². The number of methoxy groups -OCH3 is 1. The number of nitrogens with one attached hydrogen (secondary N) is 1. The van der Waals surface area contributed by atoms with Crippen LogP contribution >= 0.6 is 0 Å². The van der Waals surface area contributed by atoms with Crippen molar-refractivity contribution >= 4 is 5.69 Å². The van der Waals surface area contributed by atoms with Crippen molar-refractivity contribution < 1.29 is 4.74 Å². The normalized spacial score (nSPS) is 10.8. The Balaban J connectivity index is 2.34. The summed E-state index contributed by atoms with van der Waals surface area (Å²) in [6.45, 7) is 6.25. The summed E-state index contributed by atoms with van der Waals surface area (Å²) in [6, 6.07) is 1.67. The second-order valence-corrected chi connectivity index (χ2v) is 5.15. The molecule has 0 saturated carbocycles. The lowest BCUT2D eigenvalue weighted by atomic mass is 10.3. The number of aryl methyl sites for hydroxylation is 1. The molecule has 0 aliphatic heterocycles. The standard InChI is InChI=1S/C15H28N4O2/c1-4-9-18(2)14-12-15(20)19(17-13-14)10-6-5-7-16-8-11-21-3/h12-13,16H,4-11H2,1-3H3. The maximum Gasteiger partial charge on any atom is 0.268 e. The van der Waals surface area contributed by atoms with E-state index in [1.165, 1.54) is 0 Å². The summed E-state index contributed by atoms with van der Waals surface area (Å²) in [4.78, 5) is 14.0. The number of aromatic nitrogens is 2. The highest BCUT2D eigenvalue weighted by molar-refractivity contribution is 5.41. The van der Waals surface area contributed by atoms with Crippen LogP contribution in [0.4, 0.5) is 5.69 Å². The van der Waals surface area contributed by atoms with Gasteiger partial charge in [-0.15, -0.1) is 0 Å². The van der Waals surface area contributed by atoms with Crippen LogP contribution < -0.4 is 15.8 Å². The van der Waals surface area contributed by atoms with E-state index in [0.717, 1.165) is 51.2 Å². The van der Waals surface area contributed by atoms with Crippen LogP contribution in [0, 0.1) is 0 Å². The Morgan fingerprint density at radius 1 is 1.38 bits per heavy atom. The van der Waals surface area contributed by atoms with Gasteiger partial charge in [0.15, 0.2) is 0 Å². The molecule has 120 valence electrons. The van der Waals surface area contributed by atoms with Gasteiger partial charge in [-0.25, -0.2) is 4.68 Å². The first-order valence-corrected chi connectivity index (χ1v) is 7.67. The maximum absolute atomic E-state index is 12.0. The molecule has 0 aromatic carbocycles. The monoisotopic (exact) mass is 296 g/mol. The molecule has 1 aromatic heterocycles. The fraction of sp³-hybridized carbons (Fsp3) is 0.733. The molecule has 0 amide bonds. The molecule has 6 heteroatoms. The van der Waals surface area contributed by atoms with Crippen molar-refractivity contribution in [3.63, 3.8) is 0 Å². The highest BCUT2D eigenvalue weighted by Gasteiger charge is 2.03. The largest absolute Gasteiger partial charge is 0.383 e. The van der Waals surface area contributed by atoms with Gasteiger partial charge in [0.05, 0.1) is 18.5 Å². The average Bonchev–Trinajstić information content (AvgIpc) is 2.48. The lowest BCUT2D eigenvalue weighted by Crippen LogP contribution is -2.26. The van der Waals surface area contributed by atoms with Crippen LogP contribution in [0.1, 0.15) is 26.2 Å². The first kappa shape index (κ1) is 17.7. The topological polar surface area (TPSA) is 59.4 Å². The molecule has 0 bridgehead atoms. The lowest BCUT2D eigenvalue weighted by Gasteiger charge is -2.17. The molecule has 0 unspecified atom stereocenters. The van der Waals surface area contributed by atoms with Crippen LogP contribution in [0.5, 0.6) is 0 Å². The lowest BCUT2D eigenvalue weighted by molar-refractivity contribution is 0.199. The van der Waals surface area contributed by atoms with Gasteiger partial charge < -0.3 is 15.0 Å². The molecule has 1 rings (SSSR count). The summed E-state index contributed by atoms with van der Waals surface area (Å²) >= 11 is 0. The first-order valence-electron chi connectivity index (χ1n) is 7.67. The summed E-state index contributed by atoms with van der Waals surface area (Å²) < 4.78 is 6.50. The predicted octanol–water partition coefficient (Wildman–Crippen LogP) is 1.11.